The van der Waals surface area contributed by atoms with Crippen molar-refractivity contribution in [1.82, 2.24) is 0 Å². The van der Waals surface area contributed by atoms with Crippen molar-refractivity contribution < 1.29 is 14.9 Å². The zero-order valence-electron chi connectivity index (χ0n) is 10.3. The molecule has 3 nitrogen and oxygen atoms in total. The predicted octanol–water partition coefficient (Wildman–Crippen LogP) is 3.16. The van der Waals surface area contributed by atoms with Crippen molar-refractivity contribution in [2.24, 2.45) is 0 Å². The molecule has 0 spiro atoms. The van der Waals surface area contributed by atoms with E-state index < -0.39 is 0 Å². The highest BCUT2D eigenvalue weighted by Crippen LogP contribution is 2.32. The van der Waals surface area contributed by atoms with Crippen LogP contribution in [0, 0.1) is 0 Å². The molecular weight excluding hydrogens is 264 g/mol. The third-order valence-corrected chi connectivity index (χ3v) is 3.16. The molecule has 0 heterocycles. The summed E-state index contributed by atoms with van der Waals surface area (Å²) in [7, 11) is 0. The van der Waals surface area contributed by atoms with Gasteiger partial charge in [0.25, 0.3) is 0 Å². The van der Waals surface area contributed by atoms with Gasteiger partial charge in [0.2, 0.25) is 0 Å². The number of hydrogen-bond donors (Lipinski definition) is 2. The summed E-state index contributed by atoms with van der Waals surface area (Å²) < 4.78 is 5.81. The van der Waals surface area contributed by atoms with Crippen LogP contribution in [-0.2, 0) is 13.0 Å². The Hall–Kier alpha value is -1.55. The number of ether oxygens (including phenoxy) is 1. The van der Waals surface area contributed by atoms with Crippen molar-refractivity contribution in [3.05, 3.63) is 58.6 Å². The van der Waals surface area contributed by atoms with Crippen molar-refractivity contribution >= 4 is 11.6 Å². The molecule has 0 fully saturated rings. The third kappa shape index (κ3) is 3.26. The van der Waals surface area contributed by atoms with Crippen LogP contribution in [0.2, 0.25) is 5.02 Å². The van der Waals surface area contributed by atoms with Crippen LogP contribution in [0.3, 0.4) is 0 Å². The lowest BCUT2D eigenvalue weighted by atomic mass is 10.1. The van der Waals surface area contributed by atoms with Crippen molar-refractivity contribution in [1.29, 1.82) is 0 Å². The fraction of sp³-hybridized carbons (Fsp3) is 0.200. The van der Waals surface area contributed by atoms with Gasteiger partial charge in [0, 0.05) is 17.2 Å². The average Bonchev–Trinajstić information content (AvgIpc) is 2.41. The topological polar surface area (TPSA) is 49.7 Å². The number of para-hydroxylation sites is 1. The minimum absolute atomic E-state index is 0.0583. The zero-order chi connectivity index (χ0) is 13.7. The number of aliphatic hydroxyl groups excluding tert-OH is 2. The average molecular weight is 279 g/mol. The number of rotatable bonds is 5. The van der Waals surface area contributed by atoms with Crippen LogP contribution in [0.5, 0.6) is 11.5 Å². The minimum atomic E-state index is -0.183. The maximum absolute atomic E-state index is 9.35. The smallest absolute Gasteiger partial charge is 0.134 e. The summed E-state index contributed by atoms with van der Waals surface area (Å²) in [6.45, 7) is -0.125. The molecule has 0 aliphatic heterocycles. The van der Waals surface area contributed by atoms with Gasteiger partial charge in [-0.25, -0.2) is 0 Å². The highest BCUT2D eigenvalue weighted by molar-refractivity contribution is 6.31. The summed E-state index contributed by atoms with van der Waals surface area (Å²) in [5, 5.41) is 18.9. The van der Waals surface area contributed by atoms with Gasteiger partial charge in [-0.3, -0.25) is 0 Å². The SMILES string of the molecule is OCCc1ccccc1Oc1cccc(Cl)c1CO. The second kappa shape index (κ2) is 6.57. The molecule has 2 rings (SSSR count). The van der Waals surface area contributed by atoms with Crippen molar-refractivity contribution in [2.75, 3.05) is 6.61 Å². The van der Waals surface area contributed by atoms with Crippen molar-refractivity contribution in [3.63, 3.8) is 0 Å². The van der Waals surface area contributed by atoms with Crippen LogP contribution in [-0.4, -0.2) is 16.8 Å². The standard InChI is InChI=1S/C15H15ClO3/c16-13-5-3-7-15(12(13)10-18)19-14-6-2-1-4-11(14)8-9-17/h1-7,17-18H,8-10H2. The Bertz CT molecular complexity index is 555. The molecule has 0 radical (unpaired) electrons. The molecule has 2 aromatic carbocycles. The first kappa shape index (κ1) is 13.9. The van der Waals surface area contributed by atoms with Gasteiger partial charge in [0.05, 0.1) is 6.61 Å². The Morgan fingerprint density at radius 2 is 1.68 bits per heavy atom. The first-order valence-corrected chi connectivity index (χ1v) is 6.39. The Morgan fingerprint density at radius 1 is 0.947 bits per heavy atom. The minimum Gasteiger partial charge on any atom is -0.457 e. The van der Waals surface area contributed by atoms with E-state index >= 15 is 0 Å². The van der Waals surface area contributed by atoms with Crippen molar-refractivity contribution in [2.45, 2.75) is 13.0 Å². The lowest BCUT2D eigenvalue weighted by molar-refractivity contribution is 0.276. The molecule has 19 heavy (non-hydrogen) atoms. The third-order valence-electron chi connectivity index (χ3n) is 2.81. The van der Waals surface area contributed by atoms with Crippen LogP contribution in [0.25, 0.3) is 0 Å². The molecular formula is C15H15ClO3. The van der Waals surface area contributed by atoms with Gasteiger partial charge in [-0.2, -0.15) is 0 Å². The van der Waals surface area contributed by atoms with E-state index in [1.807, 2.05) is 24.3 Å². The van der Waals surface area contributed by atoms with Gasteiger partial charge < -0.3 is 14.9 Å². The Balaban J connectivity index is 2.33. The highest BCUT2D eigenvalue weighted by atomic mass is 35.5. The summed E-state index contributed by atoms with van der Waals surface area (Å²) in [6.07, 6.45) is 0.519. The zero-order valence-corrected chi connectivity index (χ0v) is 11.1. The van der Waals surface area contributed by atoms with E-state index in [9.17, 15) is 5.11 Å². The fourth-order valence-electron chi connectivity index (χ4n) is 1.84. The molecule has 0 atom stereocenters. The monoisotopic (exact) mass is 278 g/mol. The van der Waals surface area contributed by atoms with Crippen LogP contribution in [0.15, 0.2) is 42.5 Å². The number of halogens is 1. The van der Waals surface area contributed by atoms with Gasteiger partial charge in [0.15, 0.2) is 0 Å². The van der Waals surface area contributed by atoms with Crippen LogP contribution in [0.1, 0.15) is 11.1 Å². The summed E-state index contributed by atoms with van der Waals surface area (Å²) in [5.74, 6) is 1.19. The number of aliphatic hydroxyl groups is 2. The van der Waals surface area contributed by atoms with E-state index in [-0.39, 0.29) is 13.2 Å². The Morgan fingerprint density at radius 3 is 2.42 bits per heavy atom. The summed E-state index contributed by atoms with van der Waals surface area (Å²) in [6, 6.07) is 12.7. The van der Waals surface area contributed by atoms with Crippen LogP contribution >= 0.6 is 11.6 Å². The second-order valence-electron chi connectivity index (χ2n) is 4.06. The van der Waals surface area contributed by atoms with Crippen LogP contribution < -0.4 is 4.74 Å². The maximum Gasteiger partial charge on any atom is 0.134 e. The van der Waals surface area contributed by atoms with Gasteiger partial charge in [0.1, 0.15) is 11.5 Å². The van der Waals surface area contributed by atoms with Gasteiger partial charge in [-0.1, -0.05) is 35.9 Å². The van der Waals surface area contributed by atoms with E-state index in [0.717, 1.165) is 5.56 Å². The first-order chi connectivity index (χ1) is 9.26. The quantitative estimate of drug-likeness (QED) is 0.883. The van der Waals surface area contributed by atoms with E-state index in [0.29, 0.717) is 28.5 Å². The largest absolute Gasteiger partial charge is 0.457 e. The van der Waals surface area contributed by atoms with E-state index in [4.69, 9.17) is 21.4 Å². The molecule has 0 aliphatic rings. The fourth-order valence-corrected chi connectivity index (χ4v) is 2.06. The summed E-state index contributed by atoms with van der Waals surface area (Å²) in [4.78, 5) is 0. The summed E-state index contributed by atoms with van der Waals surface area (Å²) in [5.41, 5.74) is 1.47. The molecule has 0 aliphatic carbocycles. The van der Waals surface area contributed by atoms with Crippen LogP contribution in [0.4, 0.5) is 0 Å². The van der Waals surface area contributed by atoms with Gasteiger partial charge in [-0.05, 0) is 30.2 Å². The summed E-state index contributed by atoms with van der Waals surface area (Å²) >= 11 is 6.02. The van der Waals surface area contributed by atoms with Crippen molar-refractivity contribution in [3.8, 4) is 11.5 Å². The Kier molecular flexibility index (Phi) is 4.80. The Labute approximate surface area is 117 Å². The maximum atomic E-state index is 9.35. The van der Waals surface area contributed by atoms with E-state index in [1.165, 1.54) is 0 Å². The number of benzene rings is 2. The second-order valence-corrected chi connectivity index (χ2v) is 4.47. The molecule has 2 aromatic rings. The lowest BCUT2D eigenvalue weighted by Gasteiger charge is -2.13. The molecule has 2 N–H and O–H groups in total. The molecule has 0 saturated carbocycles. The van der Waals surface area contributed by atoms with Gasteiger partial charge >= 0.3 is 0 Å². The molecule has 100 valence electrons. The lowest BCUT2D eigenvalue weighted by Crippen LogP contribution is -1.97. The van der Waals surface area contributed by atoms with Gasteiger partial charge in [-0.15, -0.1) is 0 Å². The number of hydrogen-bond acceptors (Lipinski definition) is 3. The normalized spacial score (nSPS) is 10.5. The molecule has 4 heteroatoms. The molecule has 0 aromatic heterocycles. The molecule has 0 saturated heterocycles. The molecule has 0 bridgehead atoms. The van der Waals surface area contributed by atoms with E-state index in [1.54, 1.807) is 18.2 Å². The van der Waals surface area contributed by atoms with E-state index in [2.05, 4.69) is 0 Å². The highest BCUT2D eigenvalue weighted by Gasteiger charge is 2.10. The first-order valence-electron chi connectivity index (χ1n) is 6.01. The molecule has 0 unspecified atom stereocenters. The molecule has 0 amide bonds. The predicted molar refractivity (Wildman–Crippen MR) is 74.7 cm³/mol.